The molecular weight excluding hydrogens is 414 g/mol. The zero-order valence-electron chi connectivity index (χ0n) is 19.6. The minimum Gasteiger partial charge on any atom is -0.388 e. The molecule has 0 saturated carbocycles. The van der Waals surface area contributed by atoms with Crippen LogP contribution in [0.5, 0.6) is 0 Å². The molecule has 1 spiro atoms. The highest BCUT2D eigenvalue weighted by Crippen LogP contribution is 2.50. The van der Waals surface area contributed by atoms with Crippen LogP contribution in [0.4, 0.5) is 0 Å². The lowest BCUT2D eigenvalue weighted by atomic mass is 9.73. The van der Waals surface area contributed by atoms with Crippen molar-refractivity contribution in [2.45, 2.75) is 69.1 Å². The molecule has 1 aliphatic heterocycles. The van der Waals surface area contributed by atoms with Crippen LogP contribution >= 0.6 is 0 Å². The summed E-state index contributed by atoms with van der Waals surface area (Å²) in [6, 6.07) is 17.5. The molecule has 4 N–H and O–H groups in total. The number of aryl methyl sites for hydroxylation is 1. The number of amides is 2. The summed E-state index contributed by atoms with van der Waals surface area (Å²) in [5, 5.41) is 13.5. The quantitative estimate of drug-likeness (QED) is 0.632. The summed E-state index contributed by atoms with van der Waals surface area (Å²) >= 11 is 0. The van der Waals surface area contributed by atoms with Gasteiger partial charge in [-0.3, -0.25) is 9.59 Å². The monoisotopic (exact) mass is 449 g/mol. The highest BCUT2D eigenvalue weighted by Gasteiger charge is 2.46. The van der Waals surface area contributed by atoms with Gasteiger partial charge in [0, 0.05) is 18.5 Å². The third-order valence-corrected chi connectivity index (χ3v) is 7.26. The zero-order chi connectivity index (χ0) is 23.6. The number of aliphatic hydroxyl groups is 1. The summed E-state index contributed by atoms with van der Waals surface area (Å²) in [6.45, 7) is 4.52. The molecule has 1 heterocycles. The molecular formula is C27H35N3O3. The highest BCUT2D eigenvalue weighted by molar-refractivity contribution is 5.91. The first-order chi connectivity index (χ1) is 15.7. The predicted octanol–water partition coefficient (Wildman–Crippen LogP) is 2.84. The lowest BCUT2D eigenvalue weighted by Gasteiger charge is -2.41. The maximum Gasteiger partial charge on any atom is 0.245 e. The van der Waals surface area contributed by atoms with E-state index in [1.165, 1.54) is 5.56 Å². The molecule has 2 atom stereocenters. The lowest BCUT2D eigenvalue weighted by Crippen LogP contribution is -2.57. The number of nitrogens with two attached hydrogens (primary N) is 1. The van der Waals surface area contributed by atoms with Crippen molar-refractivity contribution in [3.05, 3.63) is 71.3 Å². The van der Waals surface area contributed by atoms with E-state index in [0.717, 1.165) is 24.0 Å². The number of piperidine rings is 1. The highest BCUT2D eigenvalue weighted by atomic mass is 16.3. The fourth-order valence-corrected chi connectivity index (χ4v) is 5.27. The fourth-order valence-electron chi connectivity index (χ4n) is 5.27. The number of hydrogen-bond donors (Lipinski definition) is 3. The molecule has 1 saturated heterocycles. The fraction of sp³-hybridized carbons (Fsp3) is 0.481. The first-order valence-corrected chi connectivity index (χ1v) is 11.9. The maximum atomic E-state index is 13.5. The van der Waals surface area contributed by atoms with Gasteiger partial charge in [-0.2, -0.15) is 0 Å². The Balaban J connectivity index is 1.45. The van der Waals surface area contributed by atoms with E-state index in [1.54, 1.807) is 13.8 Å². The van der Waals surface area contributed by atoms with Crippen molar-refractivity contribution < 1.29 is 14.7 Å². The van der Waals surface area contributed by atoms with Crippen molar-refractivity contribution >= 4 is 11.8 Å². The molecule has 0 radical (unpaired) electrons. The standard InChI is InChI=1S/C27H35N3O3/c1-26(2,28)25(33)29-22(13-12-19-8-4-3-5-9-19)24(32)30-16-14-27(15-17-30)18-23(31)20-10-6-7-11-21(20)27/h3-11,22-23,31H,12-18,28H2,1-2H3,(H,29,33). The first-order valence-electron chi connectivity index (χ1n) is 11.9. The number of hydrogen-bond acceptors (Lipinski definition) is 4. The van der Waals surface area contributed by atoms with Crippen LogP contribution in [0, 0.1) is 0 Å². The number of nitrogens with zero attached hydrogens (tertiary/aromatic N) is 1. The van der Waals surface area contributed by atoms with Crippen LogP contribution in [0.2, 0.25) is 0 Å². The van der Waals surface area contributed by atoms with Gasteiger partial charge in [0.2, 0.25) is 11.8 Å². The van der Waals surface area contributed by atoms with Gasteiger partial charge in [-0.1, -0.05) is 54.6 Å². The molecule has 2 amide bonds. The molecule has 2 aliphatic rings. The summed E-state index contributed by atoms with van der Waals surface area (Å²) in [5.74, 6) is -0.375. The Morgan fingerprint density at radius 1 is 1.12 bits per heavy atom. The average Bonchev–Trinajstić information content (AvgIpc) is 3.08. The van der Waals surface area contributed by atoms with Crippen LogP contribution in [0.3, 0.4) is 0 Å². The van der Waals surface area contributed by atoms with Gasteiger partial charge in [-0.15, -0.1) is 0 Å². The second kappa shape index (κ2) is 9.27. The molecule has 33 heavy (non-hydrogen) atoms. The van der Waals surface area contributed by atoms with Crippen LogP contribution in [-0.4, -0.2) is 46.5 Å². The number of benzene rings is 2. The van der Waals surface area contributed by atoms with E-state index in [1.807, 2.05) is 53.4 Å². The molecule has 176 valence electrons. The van der Waals surface area contributed by atoms with E-state index in [4.69, 9.17) is 5.73 Å². The van der Waals surface area contributed by atoms with Gasteiger partial charge in [0.1, 0.15) is 6.04 Å². The van der Waals surface area contributed by atoms with Crippen LogP contribution in [0.15, 0.2) is 54.6 Å². The smallest absolute Gasteiger partial charge is 0.245 e. The van der Waals surface area contributed by atoms with Gasteiger partial charge in [0.25, 0.3) is 0 Å². The number of carbonyl (C=O) groups excluding carboxylic acids is 2. The molecule has 6 nitrogen and oxygen atoms in total. The summed E-state index contributed by atoms with van der Waals surface area (Å²) < 4.78 is 0. The Hall–Kier alpha value is -2.70. The molecule has 6 heteroatoms. The largest absolute Gasteiger partial charge is 0.388 e. The number of likely N-dealkylation sites (tertiary alicyclic amines) is 1. The molecule has 0 aromatic heterocycles. The zero-order valence-corrected chi connectivity index (χ0v) is 19.6. The van der Waals surface area contributed by atoms with E-state index in [-0.39, 0.29) is 17.2 Å². The normalized spacial score (nSPS) is 20.4. The number of rotatable bonds is 6. The van der Waals surface area contributed by atoms with Gasteiger partial charge in [0.05, 0.1) is 11.6 Å². The average molecular weight is 450 g/mol. The summed E-state index contributed by atoms with van der Waals surface area (Å²) in [5.41, 5.74) is 8.24. The van der Waals surface area contributed by atoms with Crippen LogP contribution in [0.1, 0.15) is 62.3 Å². The topological polar surface area (TPSA) is 95.7 Å². The Kier molecular flexibility index (Phi) is 6.59. The van der Waals surface area contributed by atoms with E-state index >= 15 is 0 Å². The Morgan fingerprint density at radius 2 is 1.76 bits per heavy atom. The van der Waals surface area contributed by atoms with Crippen molar-refractivity contribution in [2.24, 2.45) is 5.73 Å². The van der Waals surface area contributed by atoms with Gasteiger partial charge in [-0.25, -0.2) is 0 Å². The van der Waals surface area contributed by atoms with E-state index in [0.29, 0.717) is 32.4 Å². The molecule has 2 aromatic carbocycles. The number of carbonyl (C=O) groups is 2. The van der Waals surface area contributed by atoms with Gasteiger partial charge in [0.15, 0.2) is 0 Å². The third-order valence-electron chi connectivity index (χ3n) is 7.26. The van der Waals surface area contributed by atoms with Crippen molar-refractivity contribution in [2.75, 3.05) is 13.1 Å². The Morgan fingerprint density at radius 3 is 2.42 bits per heavy atom. The number of fused-ring (bicyclic) bond motifs is 2. The minimum absolute atomic E-state index is 0.0507. The summed E-state index contributed by atoms with van der Waals surface area (Å²) in [7, 11) is 0. The predicted molar refractivity (Wildman–Crippen MR) is 128 cm³/mol. The molecule has 4 rings (SSSR count). The van der Waals surface area contributed by atoms with Crippen molar-refractivity contribution in [3.8, 4) is 0 Å². The molecule has 2 unspecified atom stereocenters. The minimum atomic E-state index is -1.05. The van der Waals surface area contributed by atoms with E-state index in [9.17, 15) is 14.7 Å². The molecule has 0 bridgehead atoms. The van der Waals surface area contributed by atoms with Gasteiger partial charge in [-0.05, 0) is 62.6 Å². The van der Waals surface area contributed by atoms with Crippen LogP contribution in [0.25, 0.3) is 0 Å². The maximum absolute atomic E-state index is 13.5. The van der Waals surface area contributed by atoms with Crippen molar-refractivity contribution in [3.63, 3.8) is 0 Å². The SMILES string of the molecule is CC(C)(N)C(=O)NC(CCc1ccccc1)C(=O)N1CCC2(CC1)CC(O)c1ccccc12. The molecule has 1 fully saturated rings. The van der Waals surface area contributed by atoms with Gasteiger partial charge < -0.3 is 21.1 Å². The second-order valence-electron chi connectivity index (χ2n) is 10.2. The van der Waals surface area contributed by atoms with Crippen LogP contribution < -0.4 is 11.1 Å². The first kappa shape index (κ1) is 23.5. The number of aliphatic hydroxyl groups excluding tert-OH is 1. The van der Waals surface area contributed by atoms with Crippen molar-refractivity contribution in [1.82, 2.24) is 10.2 Å². The van der Waals surface area contributed by atoms with E-state index in [2.05, 4.69) is 11.4 Å². The van der Waals surface area contributed by atoms with Gasteiger partial charge >= 0.3 is 0 Å². The summed E-state index contributed by atoms with van der Waals surface area (Å²) in [4.78, 5) is 28.0. The lowest BCUT2D eigenvalue weighted by molar-refractivity contribution is -0.139. The third kappa shape index (κ3) is 4.97. The summed E-state index contributed by atoms with van der Waals surface area (Å²) in [6.07, 6.45) is 3.12. The Bertz CT molecular complexity index is 991. The molecule has 1 aliphatic carbocycles. The Labute approximate surface area is 196 Å². The number of nitrogens with one attached hydrogen (secondary N) is 1. The van der Waals surface area contributed by atoms with E-state index < -0.39 is 17.7 Å². The van der Waals surface area contributed by atoms with Crippen LogP contribution in [-0.2, 0) is 21.4 Å². The van der Waals surface area contributed by atoms with Crippen molar-refractivity contribution in [1.29, 1.82) is 0 Å². The molecule has 2 aromatic rings. The second-order valence-corrected chi connectivity index (χ2v) is 10.2.